The van der Waals surface area contributed by atoms with Crippen molar-refractivity contribution in [3.05, 3.63) is 63.6 Å². The minimum atomic E-state index is -0.605. The molecule has 2 aromatic carbocycles. The summed E-state index contributed by atoms with van der Waals surface area (Å²) in [5.41, 5.74) is 4.03. The molecule has 100 valence electrons. The second-order valence-corrected chi connectivity index (χ2v) is 5.71. The van der Waals surface area contributed by atoms with Crippen molar-refractivity contribution < 1.29 is 5.11 Å². The minimum absolute atomic E-state index is 0.605. The Morgan fingerprint density at radius 2 is 1.74 bits per heavy atom. The lowest BCUT2D eigenvalue weighted by Crippen LogP contribution is -2.09. The average molecular weight is 320 g/mol. The maximum Gasteiger partial charge on any atom is 0.105 e. The molecule has 0 spiro atoms. The van der Waals surface area contributed by atoms with Gasteiger partial charge in [0.25, 0.3) is 0 Å². The van der Waals surface area contributed by atoms with E-state index in [1.807, 2.05) is 68.4 Å². The van der Waals surface area contributed by atoms with Gasteiger partial charge in [-0.2, -0.15) is 0 Å². The summed E-state index contributed by atoms with van der Waals surface area (Å²) in [6, 6.07) is 13.9. The Hall–Kier alpha value is -1.32. The van der Waals surface area contributed by atoms with Gasteiger partial charge < -0.3 is 10.0 Å². The fraction of sp³-hybridized carbons (Fsp3) is 0.250. The fourth-order valence-corrected chi connectivity index (χ4v) is 2.66. The van der Waals surface area contributed by atoms with Gasteiger partial charge in [-0.25, -0.2) is 0 Å². The highest BCUT2D eigenvalue weighted by molar-refractivity contribution is 9.10. The third kappa shape index (κ3) is 2.99. The van der Waals surface area contributed by atoms with Crippen molar-refractivity contribution >= 4 is 21.6 Å². The van der Waals surface area contributed by atoms with Crippen molar-refractivity contribution in [2.24, 2.45) is 0 Å². The van der Waals surface area contributed by atoms with E-state index < -0.39 is 6.10 Å². The zero-order valence-electron chi connectivity index (χ0n) is 11.4. The van der Waals surface area contributed by atoms with Crippen molar-refractivity contribution in [2.45, 2.75) is 13.0 Å². The van der Waals surface area contributed by atoms with E-state index in [-0.39, 0.29) is 0 Å². The van der Waals surface area contributed by atoms with E-state index in [4.69, 9.17) is 0 Å². The van der Waals surface area contributed by atoms with Crippen LogP contribution in [0.5, 0.6) is 0 Å². The predicted molar refractivity (Wildman–Crippen MR) is 83.7 cm³/mol. The van der Waals surface area contributed by atoms with Crippen LogP contribution in [0.1, 0.15) is 22.8 Å². The number of aryl methyl sites for hydroxylation is 1. The summed E-state index contributed by atoms with van der Waals surface area (Å²) in [6.07, 6.45) is -0.605. The molecule has 0 saturated heterocycles. The number of hydrogen-bond donors (Lipinski definition) is 1. The normalized spacial score (nSPS) is 12.3. The second kappa shape index (κ2) is 5.76. The molecular weight excluding hydrogens is 302 g/mol. The van der Waals surface area contributed by atoms with Crippen LogP contribution in [0.3, 0.4) is 0 Å². The molecule has 3 heteroatoms. The van der Waals surface area contributed by atoms with Crippen LogP contribution in [0.25, 0.3) is 0 Å². The van der Waals surface area contributed by atoms with E-state index in [0.717, 1.165) is 26.9 Å². The lowest BCUT2D eigenvalue weighted by atomic mass is 9.97. The van der Waals surface area contributed by atoms with Crippen LogP contribution < -0.4 is 4.90 Å². The molecule has 19 heavy (non-hydrogen) atoms. The van der Waals surface area contributed by atoms with E-state index in [1.165, 1.54) is 0 Å². The standard InChI is InChI=1S/C16H18BrNO/c1-11-6-4-5-7-13(11)16(19)14-9-8-12(18(2)3)10-15(14)17/h4-10,16,19H,1-3H3. The summed E-state index contributed by atoms with van der Waals surface area (Å²) < 4.78 is 0.925. The number of aliphatic hydroxyl groups excluding tert-OH is 1. The van der Waals surface area contributed by atoms with Crippen LogP contribution >= 0.6 is 15.9 Å². The van der Waals surface area contributed by atoms with E-state index in [1.54, 1.807) is 0 Å². The molecule has 1 atom stereocenters. The van der Waals surface area contributed by atoms with Crippen molar-refractivity contribution in [2.75, 3.05) is 19.0 Å². The highest BCUT2D eigenvalue weighted by atomic mass is 79.9. The molecule has 0 radical (unpaired) electrons. The zero-order chi connectivity index (χ0) is 14.0. The SMILES string of the molecule is Cc1ccccc1C(O)c1ccc(N(C)C)cc1Br. The molecule has 0 saturated carbocycles. The third-order valence-corrected chi connectivity index (χ3v) is 3.96. The largest absolute Gasteiger partial charge is 0.384 e. The lowest BCUT2D eigenvalue weighted by molar-refractivity contribution is 0.219. The Bertz CT molecular complexity index is 581. The zero-order valence-corrected chi connectivity index (χ0v) is 13.0. The molecule has 2 aromatic rings. The number of aliphatic hydroxyl groups is 1. The quantitative estimate of drug-likeness (QED) is 0.927. The number of anilines is 1. The van der Waals surface area contributed by atoms with Crippen molar-refractivity contribution in [1.29, 1.82) is 0 Å². The molecule has 0 bridgehead atoms. The molecule has 0 aliphatic heterocycles. The number of rotatable bonds is 3. The van der Waals surface area contributed by atoms with Gasteiger partial charge >= 0.3 is 0 Å². The Kier molecular flexibility index (Phi) is 4.27. The van der Waals surface area contributed by atoms with E-state index >= 15 is 0 Å². The van der Waals surface area contributed by atoms with Crippen LogP contribution in [-0.4, -0.2) is 19.2 Å². The van der Waals surface area contributed by atoms with Gasteiger partial charge in [-0.05, 0) is 35.7 Å². The first kappa shape index (κ1) is 14.1. The third-order valence-electron chi connectivity index (χ3n) is 3.28. The first-order chi connectivity index (χ1) is 9.00. The van der Waals surface area contributed by atoms with Gasteiger partial charge in [0.05, 0.1) is 0 Å². The number of hydrogen-bond acceptors (Lipinski definition) is 2. The highest BCUT2D eigenvalue weighted by Gasteiger charge is 2.15. The molecule has 0 aliphatic carbocycles. The smallest absolute Gasteiger partial charge is 0.105 e. The lowest BCUT2D eigenvalue weighted by Gasteiger charge is -2.18. The summed E-state index contributed by atoms with van der Waals surface area (Å²) in [4.78, 5) is 2.04. The van der Waals surface area contributed by atoms with Crippen LogP contribution in [0, 0.1) is 6.92 Å². The molecule has 0 amide bonds. The molecule has 0 fully saturated rings. The van der Waals surface area contributed by atoms with E-state index in [0.29, 0.717) is 0 Å². The van der Waals surface area contributed by atoms with Gasteiger partial charge in [0.2, 0.25) is 0 Å². The predicted octanol–water partition coefficient (Wildman–Crippen LogP) is 3.91. The molecule has 1 unspecified atom stereocenters. The minimum Gasteiger partial charge on any atom is -0.384 e. The van der Waals surface area contributed by atoms with E-state index in [2.05, 4.69) is 15.9 Å². The Morgan fingerprint density at radius 1 is 1.05 bits per heavy atom. The summed E-state index contributed by atoms with van der Waals surface area (Å²) >= 11 is 3.55. The van der Waals surface area contributed by atoms with Crippen LogP contribution in [-0.2, 0) is 0 Å². The monoisotopic (exact) mass is 319 g/mol. The Morgan fingerprint density at radius 3 is 2.32 bits per heavy atom. The number of nitrogens with zero attached hydrogens (tertiary/aromatic N) is 1. The van der Waals surface area contributed by atoms with Gasteiger partial charge in [-0.15, -0.1) is 0 Å². The molecule has 0 heterocycles. The van der Waals surface area contributed by atoms with Gasteiger partial charge in [-0.3, -0.25) is 0 Å². The molecule has 0 aliphatic rings. The maximum absolute atomic E-state index is 10.5. The van der Waals surface area contributed by atoms with Crippen LogP contribution in [0.15, 0.2) is 46.9 Å². The molecule has 2 nitrogen and oxygen atoms in total. The molecule has 1 N–H and O–H groups in total. The van der Waals surface area contributed by atoms with Crippen molar-refractivity contribution in [3.63, 3.8) is 0 Å². The molecule has 2 rings (SSSR count). The molecule has 0 aromatic heterocycles. The summed E-state index contributed by atoms with van der Waals surface area (Å²) in [5, 5.41) is 10.5. The number of halogens is 1. The summed E-state index contributed by atoms with van der Waals surface area (Å²) in [5.74, 6) is 0. The Balaban J connectivity index is 2.40. The number of benzene rings is 2. The van der Waals surface area contributed by atoms with Crippen molar-refractivity contribution in [1.82, 2.24) is 0 Å². The van der Waals surface area contributed by atoms with E-state index in [9.17, 15) is 5.11 Å². The first-order valence-corrected chi connectivity index (χ1v) is 7.00. The maximum atomic E-state index is 10.5. The average Bonchev–Trinajstić information content (AvgIpc) is 2.38. The molecular formula is C16H18BrNO. The van der Waals surface area contributed by atoms with Gasteiger partial charge in [-0.1, -0.05) is 46.3 Å². The highest BCUT2D eigenvalue weighted by Crippen LogP contribution is 2.32. The fourth-order valence-electron chi connectivity index (χ4n) is 2.08. The van der Waals surface area contributed by atoms with Gasteiger partial charge in [0.15, 0.2) is 0 Å². The second-order valence-electron chi connectivity index (χ2n) is 4.86. The van der Waals surface area contributed by atoms with Gasteiger partial charge in [0, 0.05) is 24.3 Å². The Labute approximate surface area is 122 Å². The van der Waals surface area contributed by atoms with Crippen molar-refractivity contribution in [3.8, 4) is 0 Å². The topological polar surface area (TPSA) is 23.5 Å². The van der Waals surface area contributed by atoms with Crippen LogP contribution in [0.2, 0.25) is 0 Å². The summed E-state index contributed by atoms with van der Waals surface area (Å²) in [7, 11) is 4.00. The van der Waals surface area contributed by atoms with Crippen LogP contribution in [0.4, 0.5) is 5.69 Å². The first-order valence-electron chi connectivity index (χ1n) is 6.21. The summed E-state index contributed by atoms with van der Waals surface area (Å²) in [6.45, 7) is 2.01. The van der Waals surface area contributed by atoms with Gasteiger partial charge in [0.1, 0.15) is 6.10 Å².